The van der Waals surface area contributed by atoms with Crippen molar-refractivity contribution < 1.29 is 13.2 Å². The molecule has 0 aliphatic heterocycles. The quantitative estimate of drug-likeness (QED) is 0.120. The fourth-order valence-electron chi connectivity index (χ4n) is 13.0. The normalized spacial score (nSPS) is 11.5. The SMILES string of the molecule is [C-]#[N+]c1cc(-c2c(-n3c4cc(-c5ccc(-c6ccccc6)nc5)ccc4c4ccc(-c5ccc(-c6ccccc6)nc5)cc43)cc(C#N)cc2-n2c3cc(-c4ccc(-c5ccccc5)nc4)ccc3c3ccc(-c4ccc(-c5ccccc5)nc4)cc32)cc(C(F)(F)F)c1. The van der Waals surface area contributed by atoms with E-state index in [2.05, 4.69) is 92.8 Å². The van der Waals surface area contributed by atoms with Crippen molar-refractivity contribution >= 4 is 49.3 Å². The molecule has 10 aromatic carbocycles. The van der Waals surface area contributed by atoms with Crippen molar-refractivity contribution in [3.8, 4) is 118 Å². The Morgan fingerprint density at radius 1 is 0.330 bits per heavy atom. The maximum atomic E-state index is 15.6. The van der Waals surface area contributed by atoms with E-state index in [4.69, 9.17) is 26.5 Å². The molecule has 94 heavy (non-hydrogen) atoms. The summed E-state index contributed by atoms with van der Waals surface area (Å²) in [6.45, 7) is 8.34. The third-order valence-electron chi connectivity index (χ3n) is 17.6. The van der Waals surface area contributed by atoms with Gasteiger partial charge in [-0.05, 0) is 107 Å². The molecule has 0 radical (unpaired) electrons. The van der Waals surface area contributed by atoms with Crippen LogP contribution in [0.2, 0.25) is 0 Å². The van der Waals surface area contributed by atoms with Crippen molar-refractivity contribution in [3.05, 3.63) is 320 Å². The summed E-state index contributed by atoms with van der Waals surface area (Å²) in [7, 11) is 0. The van der Waals surface area contributed by atoms with Crippen LogP contribution in [0.3, 0.4) is 0 Å². The predicted molar refractivity (Wildman–Crippen MR) is 371 cm³/mol. The molecule has 0 unspecified atom stereocenters. The Morgan fingerprint density at radius 2 is 0.638 bits per heavy atom. The zero-order chi connectivity index (χ0) is 63.4. The molecule has 442 valence electrons. The van der Waals surface area contributed by atoms with Crippen LogP contribution in [0, 0.1) is 17.9 Å². The van der Waals surface area contributed by atoms with Gasteiger partial charge in [0.05, 0.1) is 74.4 Å². The molecule has 16 aromatic rings. The fourth-order valence-corrected chi connectivity index (χ4v) is 13.0. The molecule has 0 fully saturated rings. The summed E-state index contributed by atoms with van der Waals surface area (Å²) in [5.41, 5.74) is 16.9. The van der Waals surface area contributed by atoms with Gasteiger partial charge in [0, 0.05) is 102 Å². The van der Waals surface area contributed by atoms with Crippen LogP contribution >= 0.6 is 0 Å². The van der Waals surface area contributed by atoms with Gasteiger partial charge < -0.3 is 9.13 Å². The Balaban J connectivity index is 0.997. The lowest BCUT2D eigenvalue weighted by Crippen LogP contribution is -2.08. The number of aromatic nitrogens is 6. The van der Waals surface area contributed by atoms with Gasteiger partial charge in [0.1, 0.15) is 0 Å². The number of pyridine rings is 4. The van der Waals surface area contributed by atoms with Gasteiger partial charge >= 0.3 is 6.18 Å². The van der Waals surface area contributed by atoms with Crippen LogP contribution in [0.15, 0.2) is 298 Å². The summed E-state index contributed by atoms with van der Waals surface area (Å²) in [5, 5.41) is 14.9. The Kier molecular flexibility index (Phi) is 13.9. The van der Waals surface area contributed by atoms with Gasteiger partial charge in [-0.15, -0.1) is 0 Å². The molecule has 16 rings (SSSR count). The smallest absolute Gasteiger partial charge is 0.308 e. The van der Waals surface area contributed by atoms with E-state index in [0.29, 0.717) is 39.0 Å². The minimum absolute atomic E-state index is 0.114. The molecular weight excluding hydrogens is 1170 g/mol. The maximum absolute atomic E-state index is 15.6. The minimum atomic E-state index is -4.85. The highest BCUT2D eigenvalue weighted by Crippen LogP contribution is 2.47. The van der Waals surface area contributed by atoms with E-state index >= 15 is 13.2 Å². The Hall–Kier alpha value is -12.8. The standard InChI is InChI=1S/C83H49F3N8/c1-88-67-41-65(40-66(46-67)83(84,85)86)82-80(93-76-42-57(61-26-34-72(89-48-61)53-14-6-2-7-15-53)22-30-68(76)69-31-23-58(43-77(69)93)62-27-35-73(90-49-62)54-16-8-3-9-17-54)38-52(47-87)39-81(82)94-78-44-59(63-28-36-74(91-50-63)55-18-10-4-11-19-55)24-32-70(78)71-33-25-60(45-79(71)94)64-29-37-75(92-51-64)56-20-12-5-13-21-56/h2-46,48-51H. The zero-order valence-corrected chi connectivity index (χ0v) is 50.0. The molecule has 0 aliphatic rings. The van der Waals surface area contributed by atoms with Gasteiger partial charge in [-0.3, -0.25) is 19.9 Å². The zero-order valence-electron chi connectivity index (χ0n) is 50.0. The van der Waals surface area contributed by atoms with E-state index in [0.717, 1.165) is 123 Å². The molecule has 0 saturated heterocycles. The third-order valence-corrected chi connectivity index (χ3v) is 17.6. The lowest BCUT2D eigenvalue weighted by atomic mass is 9.95. The third kappa shape index (κ3) is 10.3. The highest BCUT2D eigenvalue weighted by Gasteiger charge is 2.33. The molecule has 0 saturated carbocycles. The number of alkyl halides is 3. The van der Waals surface area contributed by atoms with Crippen LogP contribution in [-0.4, -0.2) is 29.1 Å². The number of benzene rings is 10. The number of nitriles is 1. The first-order chi connectivity index (χ1) is 46.1. The lowest BCUT2D eigenvalue weighted by Gasteiger charge is -2.22. The summed E-state index contributed by atoms with van der Waals surface area (Å²) in [6.07, 6.45) is 2.54. The highest BCUT2D eigenvalue weighted by molar-refractivity contribution is 6.14. The van der Waals surface area contributed by atoms with E-state index < -0.39 is 11.7 Å². The van der Waals surface area contributed by atoms with Gasteiger partial charge in [0.25, 0.3) is 0 Å². The number of nitrogens with zero attached hydrogens (tertiary/aromatic N) is 8. The number of rotatable bonds is 11. The Morgan fingerprint density at radius 3 is 0.904 bits per heavy atom. The summed E-state index contributed by atoms with van der Waals surface area (Å²) < 4.78 is 51.0. The van der Waals surface area contributed by atoms with Gasteiger partial charge in [-0.1, -0.05) is 194 Å². The monoisotopic (exact) mass is 1210 g/mol. The number of hydrogen-bond acceptors (Lipinski definition) is 5. The van der Waals surface area contributed by atoms with Crippen LogP contribution in [0.25, 0.3) is 160 Å². The molecule has 11 heteroatoms. The molecule has 0 N–H and O–H groups in total. The highest BCUT2D eigenvalue weighted by atomic mass is 19.4. The van der Waals surface area contributed by atoms with Crippen molar-refractivity contribution in [2.45, 2.75) is 6.18 Å². The predicted octanol–water partition coefficient (Wildman–Crippen LogP) is 21.9. The lowest BCUT2D eigenvalue weighted by molar-refractivity contribution is -0.137. The first kappa shape index (κ1) is 56.4. The van der Waals surface area contributed by atoms with E-state index in [9.17, 15) is 5.26 Å². The summed E-state index contributed by atoms with van der Waals surface area (Å²) in [4.78, 5) is 23.4. The minimum Gasteiger partial charge on any atom is -0.308 e. The molecule has 6 aromatic heterocycles. The second-order valence-electron chi connectivity index (χ2n) is 23.2. The van der Waals surface area contributed by atoms with Crippen molar-refractivity contribution in [2.24, 2.45) is 0 Å². The van der Waals surface area contributed by atoms with Gasteiger partial charge in [0.2, 0.25) is 0 Å². The van der Waals surface area contributed by atoms with E-state index in [-0.39, 0.29) is 16.8 Å². The van der Waals surface area contributed by atoms with Crippen molar-refractivity contribution in [1.82, 2.24) is 29.1 Å². The van der Waals surface area contributed by atoms with Gasteiger partial charge in [0.15, 0.2) is 5.69 Å². The fraction of sp³-hybridized carbons (Fsp3) is 0.0120. The van der Waals surface area contributed by atoms with Crippen LogP contribution in [0.5, 0.6) is 0 Å². The molecule has 0 spiro atoms. The first-order valence-corrected chi connectivity index (χ1v) is 30.5. The molecule has 8 nitrogen and oxygen atoms in total. The second kappa shape index (κ2) is 23.2. The second-order valence-corrected chi connectivity index (χ2v) is 23.2. The molecule has 6 heterocycles. The van der Waals surface area contributed by atoms with Crippen molar-refractivity contribution in [2.75, 3.05) is 0 Å². The van der Waals surface area contributed by atoms with Crippen molar-refractivity contribution in [1.29, 1.82) is 5.26 Å². The van der Waals surface area contributed by atoms with Crippen molar-refractivity contribution in [3.63, 3.8) is 0 Å². The first-order valence-electron chi connectivity index (χ1n) is 30.5. The average Bonchev–Trinajstić information content (AvgIpc) is 1.53. The average molecular weight is 1220 g/mol. The number of fused-ring (bicyclic) bond motifs is 6. The maximum Gasteiger partial charge on any atom is 0.415 e. The molecule has 0 atom stereocenters. The van der Waals surface area contributed by atoms with Gasteiger partial charge in [-0.25, -0.2) is 4.85 Å². The Bertz CT molecular complexity index is 5090. The molecule has 0 bridgehead atoms. The number of halogens is 3. The van der Waals surface area contributed by atoms with Crippen LogP contribution < -0.4 is 0 Å². The van der Waals surface area contributed by atoms with E-state index in [1.807, 2.05) is 195 Å². The summed E-state index contributed by atoms with van der Waals surface area (Å²) in [5.74, 6) is 0. The molecule has 0 amide bonds. The largest absolute Gasteiger partial charge is 0.415 e. The molecular formula is C83H49F3N8. The summed E-state index contributed by atoms with van der Waals surface area (Å²) in [6, 6.07) is 90.3. The molecule has 0 aliphatic carbocycles. The van der Waals surface area contributed by atoms with Gasteiger partial charge in [-0.2, -0.15) is 18.4 Å². The van der Waals surface area contributed by atoms with Crippen LogP contribution in [0.1, 0.15) is 11.1 Å². The number of hydrogen-bond donors (Lipinski definition) is 0. The summed E-state index contributed by atoms with van der Waals surface area (Å²) >= 11 is 0. The topological polar surface area (TPSA) is 89.6 Å². The van der Waals surface area contributed by atoms with E-state index in [1.165, 1.54) is 6.07 Å². The van der Waals surface area contributed by atoms with Crippen LogP contribution in [-0.2, 0) is 6.18 Å². The van der Waals surface area contributed by atoms with E-state index in [1.54, 1.807) is 12.1 Å². The Labute approximate surface area is 538 Å². The van der Waals surface area contributed by atoms with Crippen LogP contribution in [0.4, 0.5) is 18.9 Å².